The van der Waals surface area contributed by atoms with Crippen molar-refractivity contribution >= 4 is 5.91 Å². The molecule has 0 unspecified atom stereocenters. The SMILES string of the molecule is NC(=O)CNC(C1C=CC=C1)C1C=CC=C1. The maximum absolute atomic E-state index is 10.8. The van der Waals surface area contributed by atoms with E-state index in [0.717, 1.165) is 0 Å². The van der Waals surface area contributed by atoms with E-state index in [1.165, 1.54) is 0 Å². The summed E-state index contributed by atoms with van der Waals surface area (Å²) < 4.78 is 0. The highest BCUT2D eigenvalue weighted by molar-refractivity contribution is 5.75. The molecule has 0 aromatic rings. The average Bonchev–Trinajstić information content (AvgIpc) is 2.88. The molecule has 0 atom stereocenters. The van der Waals surface area contributed by atoms with Gasteiger partial charge in [-0.05, 0) is 0 Å². The first-order valence-corrected chi connectivity index (χ1v) is 5.49. The molecule has 0 fully saturated rings. The van der Waals surface area contributed by atoms with Gasteiger partial charge in [0.1, 0.15) is 0 Å². The first-order valence-electron chi connectivity index (χ1n) is 5.49. The summed E-state index contributed by atoms with van der Waals surface area (Å²) in [4.78, 5) is 10.8. The van der Waals surface area contributed by atoms with Crippen molar-refractivity contribution < 1.29 is 4.79 Å². The third-order valence-electron chi connectivity index (χ3n) is 2.90. The number of rotatable bonds is 5. The maximum Gasteiger partial charge on any atom is 0.231 e. The smallest absolute Gasteiger partial charge is 0.231 e. The lowest BCUT2D eigenvalue weighted by Crippen LogP contribution is -2.43. The molecular formula is C13H16N2O. The Morgan fingerprint density at radius 3 is 1.88 bits per heavy atom. The van der Waals surface area contributed by atoms with Crippen LogP contribution >= 0.6 is 0 Å². The van der Waals surface area contributed by atoms with Gasteiger partial charge in [0.05, 0.1) is 6.54 Å². The van der Waals surface area contributed by atoms with Gasteiger partial charge in [0, 0.05) is 17.9 Å². The Morgan fingerprint density at radius 1 is 1.06 bits per heavy atom. The molecule has 16 heavy (non-hydrogen) atoms. The fraction of sp³-hybridized carbons (Fsp3) is 0.308. The Kier molecular flexibility index (Phi) is 3.37. The van der Waals surface area contributed by atoms with Crippen LogP contribution < -0.4 is 11.1 Å². The third kappa shape index (κ3) is 2.49. The second-order valence-electron chi connectivity index (χ2n) is 4.07. The van der Waals surface area contributed by atoms with Crippen molar-refractivity contribution in [2.75, 3.05) is 6.54 Å². The van der Waals surface area contributed by atoms with Crippen LogP contribution in [-0.2, 0) is 4.79 Å². The van der Waals surface area contributed by atoms with Crippen molar-refractivity contribution in [1.82, 2.24) is 5.32 Å². The van der Waals surface area contributed by atoms with E-state index >= 15 is 0 Å². The predicted octanol–water partition coefficient (Wildman–Crippen LogP) is 0.914. The van der Waals surface area contributed by atoms with E-state index in [4.69, 9.17) is 5.73 Å². The van der Waals surface area contributed by atoms with E-state index in [1.807, 2.05) is 24.3 Å². The Labute approximate surface area is 95.4 Å². The maximum atomic E-state index is 10.8. The second kappa shape index (κ2) is 4.94. The molecule has 0 radical (unpaired) electrons. The van der Waals surface area contributed by atoms with Crippen LogP contribution in [0.25, 0.3) is 0 Å². The summed E-state index contributed by atoms with van der Waals surface area (Å²) in [5.41, 5.74) is 5.16. The van der Waals surface area contributed by atoms with Crippen molar-refractivity contribution in [2.45, 2.75) is 6.04 Å². The number of amides is 1. The van der Waals surface area contributed by atoms with Crippen molar-refractivity contribution in [2.24, 2.45) is 17.6 Å². The first-order chi connectivity index (χ1) is 7.77. The minimum absolute atomic E-state index is 0.206. The topological polar surface area (TPSA) is 55.1 Å². The molecule has 3 heteroatoms. The highest BCUT2D eigenvalue weighted by atomic mass is 16.1. The molecule has 0 saturated heterocycles. The molecule has 0 spiro atoms. The molecule has 0 aromatic heterocycles. The van der Waals surface area contributed by atoms with Crippen molar-refractivity contribution in [3.05, 3.63) is 48.6 Å². The minimum Gasteiger partial charge on any atom is -0.369 e. The molecule has 0 saturated carbocycles. The van der Waals surface area contributed by atoms with Crippen molar-refractivity contribution in [3.63, 3.8) is 0 Å². The third-order valence-corrected chi connectivity index (χ3v) is 2.90. The van der Waals surface area contributed by atoms with E-state index in [9.17, 15) is 4.79 Å². The standard InChI is InChI=1S/C13H16N2O/c14-12(16)9-15-13(10-5-1-2-6-10)11-7-3-4-8-11/h1-8,10-11,13,15H,9H2,(H2,14,16). The average molecular weight is 216 g/mol. The summed E-state index contributed by atoms with van der Waals surface area (Å²) in [6.45, 7) is 0.223. The van der Waals surface area contributed by atoms with Gasteiger partial charge in [-0.1, -0.05) is 48.6 Å². The van der Waals surface area contributed by atoms with E-state index in [2.05, 4.69) is 29.6 Å². The molecule has 0 bridgehead atoms. The van der Waals surface area contributed by atoms with E-state index in [0.29, 0.717) is 11.8 Å². The Morgan fingerprint density at radius 2 is 1.50 bits per heavy atom. The molecule has 0 heterocycles. The molecule has 84 valence electrons. The van der Waals surface area contributed by atoms with Crippen LogP contribution in [0, 0.1) is 11.8 Å². The van der Waals surface area contributed by atoms with Gasteiger partial charge in [-0.25, -0.2) is 0 Å². The molecule has 2 aliphatic carbocycles. The first kappa shape index (κ1) is 10.9. The lowest BCUT2D eigenvalue weighted by molar-refractivity contribution is -0.117. The molecule has 2 aliphatic rings. The van der Waals surface area contributed by atoms with E-state index < -0.39 is 0 Å². The quantitative estimate of drug-likeness (QED) is 0.718. The monoisotopic (exact) mass is 216 g/mol. The zero-order chi connectivity index (χ0) is 11.4. The van der Waals surface area contributed by atoms with Gasteiger partial charge in [-0.15, -0.1) is 0 Å². The number of allylic oxidation sites excluding steroid dienone is 4. The lowest BCUT2D eigenvalue weighted by Gasteiger charge is -2.26. The zero-order valence-electron chi connectivity index (χ0n) is 9.04. The highest BCUT2D eigenvalue weighted by Crippen LogP contribution is 2.24. The van der Waals surface area contributed by atoms with Crippen LogP contribution in [0.2, 0.25) is 0 Å². The summed E-state index contributed by atoms with van der Waals surface area (Å²) in [6.07, 6.45) is 16.7. The summed E-state index contributed by atoms with van der Waals surface area (Å²) in [5, 5.41) is 3.22. The minimum atomic E-state index is -0.318. The predicted molar refractivity (Wildman–Crippen MR) is 64.5 cm³/mol. The molecule has 3 N–H and O–H groups in total. The lowest BCUT2D eigenvalue weighted by atomic mass is 9.90. The van der Waals surface area contributed by atoms with Gasteiger partial charge in [0.25, 0.3) is 0 Å². The molecule has 3 nitrogen and oxygen atoms in total. The van der Waals surface area contributed by atoms with Crippen LogP contribution in [0.3, 0.4) is 0 Å². The fourth-order valence-corrected chi connectivity index (χ4v) is 2.12. The van der Waals surface area contributed by atoms with Gasteiger partial charge in [-0.2, -0.15) is 0 Å². The Hall–Kier alpha value is -1.61. The molecular weight excluding hydrogens is 200 g/mol. The van der Waals surface area contributed by atoms with Gasteiger partial charge in [0.15, 0.2) is 0 Å². The van der Waals surface area contributed by atoms with E-state index in [-0.39, 0.29) is 18.5 Å². The summed E-state index contributed by atoms with van der Waals surface area (Å²) in [5.74, 6) is 0.343. The number of nitrogens with two attached hydrogens (primary N) is 1. The molecule has 0 aliphatic heterocycles. The normalized spacial score (nSPS) is 19.3. The number of nitrogens with one attached hydrogen (secondary N) is 1. The van der Waals surface area contributed by atoms with Crippen LogP contribution in [0.1, 0.15) is 0 Å². The number of primary amides is 1. The van der Waals surface area contributed by atoms with Gasteiger partial charge < -0.3 is 11.1 Å². The van der Waals surface area contributed by atoms with Gasteiger partial charge >= 0.3 is 0 Å². The Balaban J connectivity index is 2.03. The zero-order valence-corrected chi connectivity index (χ0v) is 9.04. The number of hydrogen-bond acceptors (Lipinski definition) is 2. The number of hydrogen-bond donors (Lipinski definition) is 2. The van der Waals surface area contributed by atoms with Crippen LogP contribution in [0.5, 0.6) is 0 Å². The molecule has 0 aromatic carbocycles. The second-order valence-corrected chi connectivity index (χ2v) is 4.07. The summed E-state index contributed by atoms with van der Waals surface area (Å²) >= 11 is 0. The van der Waals surface area contributed by atoms with Gasteiger partial charge in [-0.3, -0.25) is 4.79 Å². The van der Waals surface area contributed by atoms with E-state index in [1.54, 1.807) is 0 Å². The molecule has 2 rings (SSSR count). The number of carbonyl (C=O) groups is 1. The fourth-order valence-electron chi connectivity index (χ4n) is 2.12. The highest BCUT2D eigenvalue weighted by Gasteiger charge is 2.25. The van der Waals surface area contributed by atoms with Crippen LogP contribution in [0.4, 0.5) is 0 Å². The largest absolute Gasteiger partial charge is 0.369 e. The van der Waals surface area contributed by atoms with Crippen molar-refractivity contribution in [1.29, 1.82) is 0 Å². The van der Waals surface area contributed by atoms with Crippen LogP contribution in [0.15, 0.2) is 48.6 Å². The summed E-state index contributed by atoms with van der Waals surface area (Å²) in [7, 11) is 0. The number of carbonyl (C=O) groups excluding carboxylic acids is 1. The van der Waals surface area contributed by atoms with Gasteiger partial charge in [0.2, 0.25) is 5.91 Å². The molecule has 1 amide bonds. The summed E-state index contributed by atoms with van der Waals surface area (Å²) in [6, 6.07) is 0.206. The van der Waals surface area contributed by atoms with Crippen LogP contribution in [-0.4, -0.2) is 18.5 Å². The van der Waals surface area contributed by atoms with Crippen molar-refractivity contribution in [3.8, 4) is 0 Å². The Bertz CT molecular complexity index is 327.